The molecule has 2 N–H and O–H groups in total. The smallest absolute Gasteiger partial charge is 0.322 e. The van der Waals surface area contributed by atoms with Crippen molar-refractivity contribution in [3.8, 4) is 5.75 Å². The Balaban J connectivity index is 1.60. The van der Waals surface area contributed by atoms with Gasteiger partial charge >= 0.3 is 6.03 Å². The van der Waals surface area contributed by atoms with Gasteiger partial charge in [0.25, 0.3) is 5.56 Å². The van der Waals surface area contributed by atoms with Gasteiger partial charge in [0.05, 0.1) is 19.8 Å². The quantitative estimate of drug-likeness (QED) is 0.593. The van der Waals surface area contributed by atoms with E-state index in [1.54, 1.807) is 54.5 Å². The Bertz CT molecular complexity index is 1120. The molecule has 1 aliphatic rings. The van der Waals surface area contributed by atoms with Gasteiger partial charge in [-0.1, -0.05) is 11.6 Å². The number of rotatable bonds is 6. The number of pyridine rings is 1. The molecule has 0 aliphatic carbocycles. The molecule has 0 spiro atoms. The minimum atomic E-state index is -0.303. The van der Waals surface area contributed by atoms with Gasteiger partial charge in [-0.15, -0.1) is 0 Å². The van der Waals surface area contributed by atoms with E-state index in [9.17, 15) is 9.59 Å². The maximum atomic E-state index is 13.1. The number of halogens is 1. The number of carbonyl (C=O) groups is 1. The standard InChI is InChI=1S/C23H24ClN3O4/c1-30-19-8-9-21-15(12-19)11-16(22(28)26-21)13-27(14-20-3-2-10-31-20)23(29)25-18-6-4-17(24)5-7-18/h4-9,11-12,20H,2-3,10,13-14H2,1H3,(H,25,29)(H,26,28). The third-order valence-electron chi connectivity index (χ3n) is 5.32. The molecule has 8 heteroatoms. The molecule has 1 saturated heterocycles. The fourth-order valence-corrected chi connectivity index (χ4v) is 3.80. The van der Waals surface area contributed by atoms with Gasteiger partial charge in [-0.2, -0.15) is 0 Å². The zero-order chi connectivity index (χ0) is 21.8. The Labute approximate surface area is 184 Å². The topological polar surface area (TPSA) is 83.7 Å². The monoisotopic (exact) mass is 441 g/mol. The summed E-state index contributed by atoms with van der Waals surface area (Å²) in [6.45, 7) is 1.24. The van der Waals surface area contributed by atoms with Crippen LogP contribution in [-0.4, -0.2) is 42.3 Å². The van der Waals surface area contributed by atoms with Crippen LogP contribution in [0.25, 0.3) is 10.9 Å². The summed E-state index contributed by atoms with van der Waals surface area (Å²) in [6, 6.07) is 13.8. The number of aromatic nitrogens is 1. The van der Waals surface area contributed by atoms with Gasteiger partial charge in [0, 0.05) is 40.3 Å². The maximum absolute atomic E-state index is 13.1. The second kappa shape index (κ2) is 9.41. The van der Waals surface area contributed by atoms with Crippen LogP contribution in [0.1, 0.15) is 18.4 Å². The van der Waals surface area contributed by atoms with Crippen molar-refractivity contribution in [2.24, 2.45) is 0 Å². The van der Waals surface area contributed by atoms with Crippen LogP contribution in [0.2, 0.25) is 5.02 Å². The van der Waals surface area contributed by atoms with Crippen LogP contribution in [0.4, 0.5) is 10.5 Å². The molecule has 1 atom stereocenters. The first-order valence-corrected chi connectivity index (χ1v) is 10.5. The van der Waals surface area contributed by atoms with Gasteiger partial charge < -0.3 is 24.7 Å². The Morgan fingerprint density at radius 1 is 1.26 bits per heavy atom. The molecule has 0 bridgehead atoms. The van der Waals surface area contributed by atoms with Crippen LogP contribution >= 0.6 is 11.6 Å². The highest BCUT2D eigenvalue weighted by atomic mass is 35.5. The summed E-state index contributed by atoms with van der Waals surface area (Å²) in [6.07, 6.45) is 1.81. The van der Waals surface area contributed by atoms with E-state index >= 15 is 0 Å². The molecular formula is C23H24ClN3O4. The number of benzene rings is 2. The van der Waals surface area contributed by atoms with Crippen LogP contribution in [0, 0.1) is 0 Å². The van der Waals surface area contributed by atoms with Gasteiger partial charge in [-0.05, 0) is 61.4 Å². The Hall–Kier alpha value is -3.03. The number of nitrogens with one attached hydrogen (secondary N) is 2. The molecule has 31 heavy (non-hydrogen) atoms. The van der Waals surface area contributed by atoms with Gasteiger partial charge in [0.1, 0.15) is 5.75 Å². The van der Waals surface area contributed by atoms with Crippen molar-refractivity contribution < 1.29 is 14.3 Å². The predicted octanol–water partition coefficient (Wildman–Crippen LogP) is 4.40. The number of anilines is 1. The molecule has 1 fully saturated rings. The summed E-state index contributed by atoms with van der Waals surface area (Å²) < 4.78 is 11.0. The predicted molar refractivity (Wildman–Crippen MR) is 121 cm³/mol. The normalized spacial score (nSPS) is 15.7. The second-order valence-corrected chi connectivity index (χ2v) is 7.97. The lowest BCUT2D eigenvalue weighted by molar-refractivity contribution is 0.0818. The lowest BCUT2D eigenvalue weighted by atomic mass is 10.1. The molecule has 0 saturated carbocycles. The van der Waals surface area contributed by atoms with Crippen molar-refractivity contribution in [2.75, 3.05) is 25.6 Å². The number of methoxy groups -OCH3 is 1. The molecule has 2 heterocycles. The van der Waals surface area contributed by atoms with E-state index in [0.717, 1.165) is 18.2 Å². The van der Waals surface area contributed by atoms with E-state index in [-0.39, 0.29) is 24.2 Å². The first kappa shape index (κ1) is 21.2. The number of amides is 2. The molecule has 2 amide bonds. The molecule has 3 aromatic rings. The highest BCUT2D eigenvalue weighted by Gasteiger charge is 2.24. The summed E-state index contributed by atoms with van der Waals surface area (Å²) in [5.74, 6) is 0.696. The molecule has 162 valence electrons. The fraction of sp³-hybridized carbons (Fsp3) is 0.304. The molecule has 1 unspecified atom stereocenters. The minimum Gasteiger partial charge on any atom is -0.497 e. The molecule has 1 aliphatic heterocycles. The SMILES string of the molecule is COc1ccc2[nH]c(=O)c(CN(CC3CCCO3)C(=O)Nc3ccc(Cl)cc3)cc2c1. The van der Waals surface area contributed by atoms with Crippen molar-refractivity contribution in [1.82, 2.24) is 9.88 Å². The first-order chi connectivity index (χ1) is 15.0. The highest BCUT2D eigenvalue weighted by molar-refractivity contribution is 6.30. The van der Waals surface area contributed by atoms with Gasteiger partial charge in [-0.3, -0.25) is 4.79 Å². The first-order valence-electron chi connectivity index (χ1n) is 10.1. The molecule has 2 aromatic carbocycles. The summed E-state index contributed by atoms with van der Waals surface area (Å²) >= 11 is 5.93. The van der Waals surface area contributed by atoms with Crippen LogP contribution < -0.4 is 15.6 Å². The van der Waals surface area contributed by atoms with Gasteiger partial charge in [0.2, 0.25) is 0 Å². The van der Waals surface area contributed by atoms with E-state index < -0.39 is 0 Å². The van der Waals surface area contributed by atoms with Crippen LogP contribution in [0.15, 0.2) is 53.3 Å². The zero-order valence-electron chi connectivity index (χ0n) is 17.2. The Morgan fingerprint density at radius 2 is 2.06 bits per heavy atom. The number of hydrogen-bond donors (Lipinski definition) is 2. The Morgan fingerprint density at radius 3 is 2.77 bits per heavy atom. The number of H-pyrrole nitrogens is 1. The van der Waals surface area contributed by atoms with Crippen LogP contribution in [0.5, 0.6) is 5.75 Å². The van der Waals surface area contributed by atoms with Crippen molar-refractivity contribution >= 4 is 34.2 Å². The lowest BCUT2D eigenvalue weighted by Crippen LogP contribution is -2.40. The number of hydrogen-bond acceptors (Lipinski definition) is 4. The second-order valence-electron chi connectivity index (χ2n) is 7.53. The maximum Gasteiger partial charge on any atom is 0.322 e. The summed E-state index contributed by atoms with van der Waals surface area (Å²) in [5.41, 5.74) is 1.61. The third kappa shape index (κ3) is 5.18. The Kier molecular flexibility index (Phi) is 6.44. The number of ether oxygens (including phenoxy) is 2. The van der Waals surface area contributed by atoms with Gasteiger partial charge in [0.15, 0.2) is 0 Å². The molecule has 0 radical (unpaired) electrons. The summed E-state index contributed by atoms with van der Waals surface area (Å²) in [5, 5.41) is 4.31. The summed E-state index contributed by atoms with van der Waals surface area (Å²) in [4.78, 5) is 30.2. The van der Waals surface area contributed by atoms with E-state index in [2.05, 4.69) is 10.3 Å². The van der Waals surface area contributed by atoms with Crippen LogP contribution in [-0.2, 0) is 11.3 Å². The summed E-state index contributed by atoms with van der Waals surface area (Å²) in [7, 11) is 1.60. The molecule has 7 nitrogen and oxygen atoms in total. The number of carbonyl (C=O) groups excluding carboxylic acids is 1. The lowest BCUT2D eigenvalue weighted by Gasteiger charge is -2.25. The third-order valence-corrected chi connectivity index (χ3v) is 5.57. The molecular weight excluding hydrogens is 418 g/mol. The molecule has 1 aromatic heterocycles. The van der Waals surface area contributed by atoms with E-state index in [1.165, 1.54) is 0 Å². The van der Waals surface area contributed by atoms with Crippen molar-refractivity contribution in [3.05, 3.63) is 69.5 Å². The minimum absolute atomic E-state index is 0.0457. The number of fused-ring (bicyclic) bond motifs is 1. The van der Waals surface area contributed by atoms with Crippen molar-refractivity contribution in [1.29, 1.82) is 0 Å². The molecule has 4 rings (SSSR count). The number of aromatic amines is 1. The van der Waals surface area contributed by atoms with Gasteiger partial charge in [-0.25, -0.2) is 4.79 Å². The van der Waals surface area contributed by atoms with E-state index in [0.29, 0.717) is 40.7 Å². The van der Waals surface area contributed by atoms with E-state index in [1.807, 2.05) is 6.07 Å². The number of urea groups is 1. The average Bonchev–Trinajstić information content (AvgIpc) is 3.28. The van der Waals surface area contributed by atoms with E-state index in [4.69, 9.17) is 21.1 Å². The fourth-order valence-electron chi connectivity index (χ4n) is 3.67. The largest absolute Gasteiger partial charge is 0.497 e. The van der Waals surface area contributed by atoms with Crippen molar-refractivity contribution in [2.45, 2.75) is 25.5 Å². The zero-order valence-corrected chi connectivity index (χ0v) is 17.9. The van der Waals surface area contributed by atoms with Crippen LogP contribution in [0.3, 0.4) is 0 Å². The van der Waals surface area contributed by atoms with Crippen molar-refractivity contribution in [3.63, 3.8) is 0 Å². The average molecular weight is 442 g/mol. The highest BCUT2D eigenvalue weighted by Crippen LogP contribution is 2.21. The number of nitrogens with zero attached hydrogens (tertiary/aromatic N) is 1.